The Morgan fingerprint density at radius 2 is 2.17 bits per heavy atom. The topological polar surface area (TPSA) is 43.8 Å². The summed E-state index contributed by atoms with van der Waals surface area (Å²) in [7, 11) is 0. The molecule has 0 saturated carbocycles. The summed E-state index contributed by atoms with van der Waals surface area (Å²) in [6, 6.07) is 8.08. The van der Waals surface area contributed by atoms with Gasteiger partial charge in [0.25, 0.3) is 0 Å². The molecule has 1 aromatic heterocycles. The molecule has 2 N–H and O–H groups in total. The van der Waals surface area contributed by atoms with Crippen LogP contribution in [0, 0.1) is 6.92 Å². The molecular weight excluding hydrogens is 290 g/mol. The second-order valence-corrected chi connectivity index (χ2v) is 5.32. The lowest BCUT2D eigenvalue weighted by Gasteiger charge is -2.06. The highest BCUT2D eigenvalue weighted by Gasteiger charge is 2.13. The van der Waals surface area contributed by atoms with E-state index in [9.17, 15) is 0 Å². The Morgan fingerprint density at radius 1 is 1.39 bits per heavy atom. The Labute approximate surface area is 116 Å². The van der Waals surface area contributed by atoms with Crippen LogP contribution in [0.5, 0.6) is 0 Å². The number of halogens is 1. The van der Waals surface area contributed by atoms with E-state index in [1.165, 1.54) is 0 Å². The molecule has 2 rings (SSSR count). The molecule has 0 saturated heterocycles. The first-order valence-corrected chi connectivity index (χ1v) is 7.01. The number of hydrogen-bond acceptors (Lipinski definition) is 2. The lowest BCUT2D eigenvalue weighted by atomic mass is 10.1. The number of benzene rings is 1. The fraction of sp³-hybridized carbons (Fsp3) is 0.357. The fourth-order valence-electron chi connectivity index (χ4n) is 2.03. The molecule has 1 aromatic carbocycles. The van der Waals surface area contributed by atoms with Crippen LogP contribution in [0.1, 0.15) is 25.6 Å². The molecule has 3 nitrogen and oxygen atoms in total. The third kappa shape index (κ3) is 2.58. The molecule has 0 aliphatic carbocycles. The van der Waals surface area contributed by atoms with Crippen LogP contribution < -0.4 is 5.73 Å². The standard InChI is InChI=1S/C14H18BrN3/c1-3-4-8-18-10(2)17-13(14(18)16)11-6-5-7-12(15)9-11/h5-7,9H,3-4,8,16H2,1-2H3. The van der Waals surface area contributed by atoms with Crippen molar-refractivity contribution in [2.45, 2.75) is 33.2 Å². The maximum Gasteiger partial charge on any atom is 0.131 e. The Morgan fingerprint density at radius 3 is 2.83 bits per heavy atom. The first-order chi connectivity index (χ1) is 8.63. The molecule has 1 heterocycles. The van der Waals surface area contributed by atoms with E-state index < -0.39 is 0 Å². The SMILES string of the molecule is CCCCn1c(C)nc(-c2cccc(Br)c2)c1N. The minimum absolute atomic E-state index is 0.763. The normalized spacial score (nSPS) is 10.8. The van der Waals surface area contributed by atoms with Crippen LogP contribution in [0.15, 0.2) is 28.7 Å². The van der Waals surface area contributed by atoms with E-state index in [2.05, 4.69) is 32.4 Å². The average molecular weight is 308 g/mol. The van der Waals surface area contributed by atoms with E-state index in [1.54, 1.807) is 0 Å². The Kier molecular flexibility index (Phi) is 4.07. The smallest absolute Gasteiger partial charge is 0.131 e. The first-order valence-electron chi connectivity index (χ1n) is 6.22. The van der Waals surface area contributed by atoms with Crippen molar-refractivity contribution in [3.63, 3.8) is 0 Å². The highest BCUT2D eigenvalue weighted by Crippen LogP contribution is 2.28. The number of rotatable bonds is 4. The highest BCUT2D eigenvalue weighted by molar-refractivity contribution is 9.10. The van der Waals surface area contributed by atoms with Crippen molar-refractivity contribution in [3.05, 3.63) is 34.6 Å². The van der Waals surface area contributed by atoms with Gasteiger partial charge in [-0.05, 0) is 25.5 Å². The van der Waals surface area contributed by atoms with Gasteiger partial charge in [-0.15, -0.1) is 0 Å². The zero-order valence-corrected chi connectivity index (χ0v) is 12.4. The molecule has 0 aliphatic heterocycles. The molecule has 0 amide bonds. The molecule has 0 atom stereocenters. The van der Waals surface area contributed by atoms with Gasteiger partial charge in [-0.25, -0.2) is 4.98 Å². The molecule has 0 radical (unpaired) electrons. The quantitative estimate of drug-likeness (QED) is 0.927. The molecule has 96 valence electrons. The molecule has 18 heavy (non-hydrogen) atoms. The molecule has 0 fully saturated rings. The number of aromatic nitrogens is 2. The van der Waals surface area contributed by atoms with E-state index in [-0.39, 0.29) is 0 Å². The number of anilines is 1. The van der Waals surface area contributed by atoms with Crippen molar-refractivity contribution < 1.29 is 0 Å². The number of aryl methyl sites for hydroxylation is 1. The van der Waals surface area contributed by atoms with E-state index in [0.717, 1.165) is 46.8 Å². The second kappa shape index (κ2) is 5.57. The lowest BCUT2D eigenvalue weighted by molar-refractivity contribution is 0.622. The third-order valence-corrected chi connectivity index (χ3v) is 3.52. The molecule has 2 aromatic rings. The van der Waals surface area contributed by atoms with Crippen LogP contribution in [0.3, 0.4) is 0 Å². The number of nitrogens with zero attached hydrogens (tertiary/aromatic N) is 2. The summed E-state index contributed by atoms with van der Waals surface area (Å²) in [6.07, 6.45) is 2.28. The summed E-state index contributed by atoms with van der Waals surface area (Å²) >= 11 is 3.48. The average Bonchev–Trinajstić information content (AvgIpc) is 2.63. The molecule has 0 aliphatic rings. The van der Waals surface area contributed by atoms with Crippen molar-refractivity contribution in [2.24, 2.45) is 0 Å². The third-order valence-electron chi connectivity index (χ3n) is 3.03. The summed E-state index contributed by atoms with van der Waals surface area (Å²) in [4.78, 5) is 4.59. The first kappa shape index (κ1) is 13.1. The minimum Gasteiger partial charge on any atom is -0.383 e. The summed E-state index contributed by atoms with van der Waals surface area (Å²) in [6.45, 7) is 5.13. The monoisotopic (exact) mass is 307 g/mol. The van der Waals surface area contributed by atoms with Crippen molar-refractivity contribution in [3.8, 4) is 11.3 Å². The van der Waals surface area contributed by atoms with Crippen LogP contribution in [0.25, 0.3) is 11.3 Å². The molecule has 0 unspecified atom stereocenters. The summed E-state index contributed by atoms with van der Waals surface area (Å²) in [5.41, 5.74) is 8.15. The van der Waals surface area contributed by atoms with Crippen molar-refractivity contribution >= 4 is 21.7 Å². The van der Waals surface area contributed by atoms with E-state index >= 15 is 0 Å². The van der Waals surface area contributed by atoms with Gasteiger partial charge in [0.05, 0.1) is 0 Å². The number of hydrogen-bond donors (Lipinski definition) is 1. The predicted molar refractivity (Wildman–Crippen MR) is 79.4 cm³/mol. The van der Waals surface area contributed by atoms with Crippen LogP contribution in [-0.4, -0.2) is 9.55 Å². The number of nitrogens with two attached hydrogens (primary N) is 1. The zero-order valence-electron chi connectivity index (χ0n) is 10.8. The van der Waals surface area contributed by atoms with Gasteiger partial charge in [-0.2, -0.15) is 0 Å². The van der Waals surface area contributed by atoms with Gasteiger partial charge in [0.2, 0.25) is 0 Å². The molecule has 0 spiro atoms. The maximum atomic E-state index is 6.21. The van der Waals surface area contributed by atoms with Gasteiger partial charge < -0.3 is 10.3 Å². The largest absolute Gasteiger partial charge is 0.383 e. The zero-order chi connectivity index (χ0) is 13.1. The number of imidazole rings is 1. The van der Waals surface area contributed by atoms with Gasteiger partial charge in [-0.3, -0.25) is 0 Å². The van der Waals surface area contributed by atoms with Gasteiger partial charge >= 0.3 is 0 Å². The second-order valence-electron chi connectivity index (χ2n) is 4.41. The van der Waals surface area contributed by atoms with Crippen molar-refractivity contribution in [1.29, 1.82) is 0 Å². The Bertz CT molecular complexity index is 546. The van der Waals surface area contributed by atoms with E-state index in [0.29, 0.717) is 0 Å². The minimum atomic E-state index is 0.763. The number of unbranched alkanes of at least 4 members (excludes halogenated alkanes) is 1. The lowest BCUT2D eigenvalue weighted by Crippen LogP contribution is -2.04. The number of nitrogen functional groups attached to an aromatic ring is 1. The van der Waals surface area contributed by atoms with Gasteiger partial charge in [0.15, 0.2) is 0 Å². The van der Waals surface area contributed by atoms with Crippen LogP contribution in [0.4, 0.5) is 5.82 Å². The van der Waals surface area contributed by atoms with Crippen molar-refractivity contribution in [1.82, 2.24) is 9.55 Å². The fourth-order valence-corrected chi connectivity index (χ4v) is 2.43. The van der Waals surface area contributed by atoms with Gasteiger partial charge in [0, 0.05) is 16.6 Å². The van der Waals surface area contributed by atoms with Crippen LogP contribution >= 0.6 is 15.9 Å². The Balaban J connectivity index is 2.40. The van der Waals surface area contributed by atoms with Crippen LogP contribution in [0.2, 0.25) is 0 Å². The molecular formula is C14H18BrN3. The van der Waals surface area contributed by atoms with Crippen molar-refractivity contribution in [2.75, 3.05) is 5.73 Å². The van der Waals surface area contributed by atoms with Gasteiger partial charge in [0.1, 0.15) is 17.3 Å². The van der Waals surface area contributed by atoms with Gasteiger partial charge in [-0.1, -0.05) is 41.4 Å². The predicted octanol–water partition coefficient (Wildman–Crippen LogP) is 4.00. The van der Waals surface area contributed by atoms with Crippen LogP contribution in [-0.2, 0) is 6.54 Å². The highest BCUT2D eigenvalue weighted by atomic mass is 79.9. The van der Waals surface area contributed by atoms with E-state index in [4.69, 9.17) is 5.73 Å². The Hall–Kier alpha value is -1.29. The summed E-state index contributed by atoms with van der Waals surface area (Å²) < 4.78 is 3.14. The van der Waals surface area contributed by atoms with E-state index in [1.807, 2.05) is 31.2 Å². The summed E-state index contributed by atoms with van der Waals surface area (Å²) in [5, 5.41) is 0. The molecule has 0 bridgehead atoms. The maximum absolute atomic E-state index is 6.21. The summed E-state index contributed by atoms with van der Waals surface area (Å²) in [5.74, 6) is 1.75. The molecule has 4 heteroatoms.